The first-order valence-electron chi connectivity index (χ1n) is 9.39. The Kier molecular flexibility index (Phi) is 4.33. The van der Waals surface area contributed by atoms with Gasteiger partial charge in [0.1, 0.15) is 11.5 Å². The van der Waals surface area contributed by atoms with Crippen LogP contribution in [0.2, 0.25) is 0 Å². The van der Waals surface area contributed by atoms with Crippen LogP contribution in [-0.2, 0) is 0 Å². The molecule has 4 aromatic rings. The maximum Gasteiger partial charge on any atom is 0.274 e. The Labute approximate surface area is 171 Å². The van der Waals surface area contributed by atoms with E-state index in [1.54, 1.807) is 10.8 Å². The molecule has 0 spiro atoms. The van der Waals surface area contributed by atoms with E-state index in [-0.39, 0.29) is 5.91 Å². The first-order chi connectivity index (χ1) is 14.2. The Hall–Kier alpha value is -3.52. The number of imidazole rings is 1. The number of nitrogens with one attached hydrogen (secondary N) is 3. The van der Waals surface area contributed by atoms with Gasteiger partial charge in [0.2, 0.25) is 0 Å². The fourth-order valence-corrected chi connectivity index (χ4v) is 3.47. The summed E-state index contributed by atoms with van der Waals surface area (Å²) >= 11 is 5.35. The quantitative estimate of drug-likeness (QED) is 0.430. The van der Waals surface area contributed by atoms with E-state index in [0.717, 1.165) is 17.1 Å². The number of aromatic nitrogens is 5. The normalized spacial score (nSPS) is 13.4. The second-order valence-electron chi connectivity index (χ2n) is 7.00. The van der Waals surface area contributed by atoms with Crippen LogP contribution in [0.25, 0.3) is 17.1 Å². The summed E-state index contributed by atoms with van der Waals surface area (Å²) in [6.07, 6.45) is 3.97. The molecule has 0 atom stereocenters. The number of hydrogen-bond donors (Lipinski definition) is 3. The second kappa shape index (κ2) is 7.14. The Balaban J connectivity index is 1.35. The molecule has 1 aliphatic carbocycles. The van der Waals surface area contributed by atoms with Crippen molar-refractivity contribution < 1.29 is 4.79 Å². The Morgan fingerprint density at radius 3 is 2.59 bits per heavy atom. The maximum atomic E-state index is 12.8. The summed E-state index contributed by atoms with van der Waals surface area (Å²) < 4.78 is 2.18. The summed E-state index contributed by atoms with van der Waals surface area (Å²) in [4.78, 5) is 20.3. The standard InChI is InChI=1S/C21H18N6OS/c28-20(17-12-22-21(29)27(17)16-4-2-1-3-5-16)23-15-10-8-14(9-11-15)19-24-18(25-26-19)13-6-7-13/h1-5,8-13H,6-7H2,(H,22,29)(H,23,28)(H,24,25,26). The van der Waals surface area contributed by atoms with E-state index in [9.17, 15) is 4.79 Å². The summed E-state index contributed by atoms with van der Waals surface area (Å²) in [5.74, 6) is 1.91. The first kappa shape index (κ1) is 17.6. The number of amides is 1. The van der Waals surface area contributed by atoms with E-state index >= 15 is 0 Å². The first-order valence-corrected chi connectivity index (χ1v) is 9.80. The molecule has 1 amide bonds. The number of aromatic amines is 2. The maximum absolute atomic E-state index is 12.8. The molecule has 7 nitrogen and oxygen atoms in total. The van der Waals surface area contributed by atoms with Crippen LogP contribution in [0.4, 0.5) is 5.69 Å². The van der Waals surface area contributed by atoms with Gasteiger partial charge in [-0.25, -0.2) is 4.98 Å². The zero-order valence-corrected chi connectivity index (χ0v) is 16.2. The molecule has 0 aliphatic heterocycles. The topological polar surface area (TPSA) is 91.4 Å². The summed E-state index contributed by atoms with van der Waals surface area (Å²) in [5, 5.41) is 10.2. The summed E-state index contributed by atoms with van der Waals surface area (Å²) in [6, 6.07) is 17.0. The van der Waals surface area contributed by atoms with E-state index < -0.39 is 0 Å². The van der Waals surface area contributed by atoms with Gasteiger partial charge in [-0.2, -0.15) is 5.10 Å². The fraction of sp³-hybridized carbons (Fsp3) is 0.143. The van der Waals surface area contributed by atoms with Gasteiger partial charge in [0.25, 0.3) is 5.91 Å². The minimum Gasteiger partial charge on any atom is -0.336 e. The number of carbonyl (C=O) groups is 1. The van der Waals surface area contributed by atoms with E-state index in [4.69, 9.17) is 12.2 Å². The highest BCUT2D eigenvalue weighted by Gasteiger charge is 2.27. The average Bonchev–Trinajstić information content (AvgIpc) is 3.35. The molecule has 2 heterocycles. The highest BCUT2D eigenvalue weighted by Crippen LogP contribution is 2.38. The smallest absolute Gasteiger partial charge is 0.274 e. The molecule has 5 rings (SSSR count). The van der Waals surface area contributed by atoms with Gasteiger partial charge in [0, 0.05) is 29.1 Å². The molecule has 3 N–H and O–H groups in total. The molecular weight excluding hydrogens is 384 g/mol. The molecule has 2 aromatic carbocycles. The average molecular weight is 402 g/mol. The minimum absolute atomic E-state index is 0.247. The van der Waals surface area contributed by atoms with Gasteiger partial charge in [-0.05, 0) is 61.5 Å². The van der Waals surface area contributed by atoms with Crippen LogP contribution >= 0.6 is 12.2 Å². The van der Waals surface area contributed by atoms with Gasteiger partial charge in [-0.3, -0.25) is 14.5 Å². The third-order valence-electron chi connectivity index (χ3n) is 4.89. The lowest BCUT2D eigenvalue weighted by molar-refractivity contribution is 0.102. The molecule has 0 unspecified atom stereocenters. The molecule has 1 saturated carbocycles. The van der Waals surface area contributed by atoms with Crippen molar-refractivity contribution in [2.45, 2.75) is 18.8 Å². The minimum atomic E-state index is -0.247. The lowest BCUT2D eigenvalue weighted by Crippen LogP contribution is -2.16. The molecule has 0 radical (unpaired) electrons. The lowest BCUT2D eigenvalue weighted by atomic mass is 10.2. The highest BCUT2D eigenvalue weighted by atomic mass is 32.1. The predicted molar refractivity (Wildman–Crippen MR) is 113 cm³/mol. The second-order valence-corrected chi connectivity index (χ2v) is 7.39. The van der Waals surface area contributed by atoms with E-state index in [0.29, 0.717) is 27.9 Å². The Morgan fingerprint density at radius 1 is 1.10 bits per heavy atom. The van der Waals surface area contributed by atoms with Crippen LogP contribution in [0.1, 0.15) is 35.1 Å². The van der Waals surface area contributed by atoms with Crippen molar-refractivity contribution in [2.24, 2.45) is 0 Å². The van der Waals surface area contributed by atoms with Gasteiger partial charge in [-0.1, -0.05) is 18.2 Å². The molecule has 29 heavy (non-hydrogen) atoms. The van der Waals surface area contributed by atoms with E-state index in [2.05, 4.69) is 25.5 Å². The molecule has 2 aromatic heterocycles. The van der Waals surface area contributed by atoms with Crippen LogP contribution in [0, 0.1) is 4.77 Å². The Morgan fingerprint density at radius 2 is 1.86 bits per heavy atom. The number of nitrogens with zero attached hydrogens (tertiary/aromatic N) is 3. The fourth-order valence-electron chi connectivity index (χ4n) is 3.21. The number of rotatable bonds is 5. The molecular formula is C21H18N6OS. The van der Waals surface area contributed by atoms with Crippen LogP contribution in [0.3, 0.4) is 0 Å². The van der Waals surface area contributed by atoms with Crippen molar-refractivity contribution in [3.05, 3.63) is 77.1 Å². The van der Waals surface area contributed by atoms with E-state index in [1.165, 1.54) is 12.8 Å². The number of para-hydroxylation sites is 1. The lowest BCUT2D eigenvalue weighted by Gasteiger charge is -2.09. The number of benzene rings is 2. The zero-order valence-electron chi connectivity index (χ0n) is 15.4. The number of hydrogen-bond acceptors (Lipinski definition) is 4. The van der Waals surface area contributed by atoms with Gasteiger partial charge in [0.15, 0.2) is 10.6 Å². The summed E-state index contributed by atoms with van der Waals surface area (Å²) in [6.45, 7) is 0. The molecule has 0 saturated heterocycles. The SMILES string of the molecule is O=C(Nc1ccc(-c2n[nH]c(C3CC3)n2)cc1)c1c[nH]c(=S)n1-c1ccccc1. The van der Waals surface area contributed by atoms with Crippen molar-refractivity contribution in [3.63, 3.8) is 0 Å². The van der Waals surface area contributed by atoms with Gasteiger partial charge >= 0.3 is 0 Å². The molecule has 1 aliphatic rings. The van der Waals surface area contributed by atoms with Crippen molar-refractivity contribution in [1.29, 1.82) is 0 Å². The Bertz CT molecular complexity index is 1220. The van der Waals surface area contributed by atoms with Crippen molar-refractivity contribution in [2.75, 3.05) is 5.32 Å². The number of H-pyrrole nitrogens is 2. The predicted octanol–water partition coefficient (Wildman–Crippen LogP) is 4.45. The molecule has 8 heteroatoms. The van der Waals surface area contributed by atoms with Crippen LogP contribution in [0.5, 0.6) is 0 Å². The van der Waals surface area contributed by atoms with Crippen LogP contribution in [0.15, 0.2) is 60.8 Å². The molecule has 0 bridgehead atoms. The van der Waals surface area contributed by atoms with Gasteiger partial charge < -0.3 is 10.3 Å². The largest absolute Gasteiger partial charge is 0.336 e. The monoisotopic (exact) mass is 402 g/mol. The summed E-state index contributed by atoms with van der Waals surface area (Å²) in [5.41, 5.74) is 2.85. The third-order valence-corrected chi connectivity index (χ3v) is 5.19. The molecule has 1 fully saturated rings. The van der Waals surface area contributed by atoms with Crippen LogP contribution < -0.4 is 5.32 Å². The highest BCUT2D eigenvalue weighted by molar-refractivity contribution is 7.71. The van der Waals surface area contributed by atoms with Crippen LogP contribution in [-0.4, -0.2) is 30.6 Å². The number of anilines is 1. The van der Waals surface area contributed by atoms with Crippen molar-refractivity contribution in [3.8, 4) is 17.1 Å². The van der Waals surface area contributed by atoms with Crippen molar-refractivity contribution >= 4 is 23.8 Å². The third kappa shape index (κ3) is 3.50. The van der Waals surface area contributed by atoms with Gasteiger partial charge in [-0.15, -0.1) is 0 Å². The zero-order chi connectivity index (χ0) is 19.8. The van der Waals surface area contributed by atoms with Gasteiger partial charge in [0.05, 0.1) is 0 Å². The van der Waals surface area contributed by atoms with Crippen molar-refractivity contribution in [1.82, 2.24) is 24.7 Å². The molecule has 144 valence electrons. The van der Waals surface area contributed by atoms with E-state index in [1.807, 2.05) is 54.6 Å². The summed E-state index contributed by atoms with van der Waals surface area (Å²) in [7, 11) is 0. The number of carbonyl (C=O) groups excluding carboxylic acids is 1.